The van der Waals surface area contributed by atoms with Crippen LogP contribution in [0, 0.1) is 0 Å². The maximum absolute atomic E-state index is 13.8. The summed E-state index contributed by atoms with van der Waals surface area (Å²) in [6.45, 7) is 4.21. The number of aromatic nitrogens is 4. The Kier molecular flexibility index (Phi) is 7.87. The van der Waals surface area contributed by atoms with Crippen LogP contribution < -0.4 is 10.7 Å². The molecular formula is C27H36N8O6. The van der Waals surface area contributed by atoms with Gasteiger partial charge >= 0.3 is 6.09 Å². The fourth-order valence-corrected chi connectivity index (χ4v) is 5.14. The average Bonchev–Trinajstić information content (AvgIpc) is 3.88. The van der Waals surface area contributed by atoms with Gasteiger partial charge in [0.1, 0.15) is 22.7 Å². The number of nitrogens with one attached hydrogen (secondary N) is 2. The number of imidazole rings is 1. The highest BCUT2D eigenvalue weighted by atomic mass is 16.7. The largest absolute Gasteiger partial charge is 0.464 e. The van der Waals surface area contributed by atoms with Gasteiger partial charge in [0.25, 0.3) is 5.91 Å². The van der Waals surface area contributed by atoms with Gasteiger partial charge in [0.05, 0.1) is 11.8 Å². The second-order valence-electron chi connectivity index (χ2n) is 10.2. The Morgan fingerprint density at radius 3 is 2.37 bits per heavy atom. The summed E-state index contributed by atoms with van der Waals surface area (Å²) < 4.78 is 13.9. The normalized spacial score (nSPS) is 15.5. The van der Waals surface area contributed by atoms with Gasteiger partial charge in [-0.3, -0.25) is 15.0 Å². The highest BCUT2D eigenvalue weighted by Gasteiger charge is 2.43. The monoisotopic (exact) mass is 568 g/mol. The SMILES string of the molecule is CCN(N/C(=C/C(=O)C(OC)OC)Nc1nc2c(cc(C(=O)N(C3CC3)C3CC3)n2CC)c2c1ncn2C)C(=O)O. The van der Waals surface area contributed by atoms with Crippen LogP contribution in [0.2, 0.25) is 0 Å². The maximum Gasteiger partial charge on any atom is 0.426 e. The van der Waals surface area contributed by atoms with Crippen molar-refractivity contribution in [2.45, 2.75) is 64.4 Å². The van der Waals surface area contributed by atoms with Crippen molar-refractivity contribution in [3.8, 4) is 0 Å². The van der Waals surface area contributed by atoms with Gasteiger partial charge in [0, 0.05) is 57.9 Å². The summed E-state index contributed by atoms with van der Waals surface area (Å²) in [5.74, 6) is -0.246. The molecule has 0 radical (unpaired) electrons. The van der Waals surface area contributed by atoms with Gasteiger partial charge in [-0.2, -0.15) is 0 Å². The van der Waals surface area contributed by atoms with Crippen LogP contribution in [-0.4, -0.2) is 91.0 Å². The molecule has 14 heteroatoms. The Morgan fingerprint density at radius 2 is 1.83 bits per heavy atom. The molecule has 0 aromatic carbocycles. The molecule has 0 spiro atoms. The van der Waals surface area contributed by atoms with Crippen molar-refractivity contribution in [2.24, 2.45) is 7.05 Å². The molecule has 3 aromatic rings. The third-order valence-corrected chi connectivity index (χ3v) is 7.36. The number of amides is 2. The van der Waals surface area contributed by atoms with Crippen LogP contribution in [0.4, 0.5) is 10.6 Å². The highest BCUT2D eigenvalue weighted by Crippen LogP contribution is 2.39. The molecule has 14 nitrogen and oxygen atoms in total. The zero-order chi connectivity index (χ0) is 29.4. The molecule has 41 heavy (non-hydrogen) atoms. The van der Waals surface area contributed by atoms with Crippen molar-refractivity contribution in [3.05, 3.63) is 30.0 Å². The van der Waals surface area contributed by atoms with Crippen LogP contribution in [0.25, 0.3) is 22.1 Å². The zero-order valence-electron chi connectivity index (χ0n) is 23.9. The van der Waals surface area contributed by atoms with Crippen molar-refractivity contribution in [2.75, 3.05) is 26.1 Å². The van der Waals surface area contributed by atoms with Crippen LogP contribution in [0.3, 0.4) is 0 Å². The predicted molar refractivity (Wildman–Crippen MR) is 150 cm³/mol. The molecular weight excluding hydrogens is 532 g/mol. The molecule has 5 rings (SSSR count). The van der Waals surface area contributed by atoms with E-state index in [-0.39, 0.29) is 24.1 Å². The maximum atomic E-state index is 13.8. The lowest BCUT2D eigenvalue weighted by atomic mass is 10.2. The number of methoxy groups -OCH3 is 2. The molecule has 3 N–H and O–H groups in total. The summed E-state index contributed by atoms with van der Waals surface area (Å²) in [6, 6.07) is 2.49. The second kappa shape index (κ2) is 11.4. The quantitative estimate of drug-likeness (QED) is 0.159. The van der Waals surface area contributed by atoms with Gasteiger partial charge in [-0.25, -0.2) is 19.8 Å². The number of hydrazine groups is 1. The number of carbonyl (C=O) groups is 3. The number of fused-ring (bicyclic) bond motifs is 3. The number of nitrogens with zero attached hydrogens (tertiary/aromatic N) is 6. The van der Waals surface area contributed by atoms with E-state index in [0.717, 1.165) is 47.7 Å². The van der Waals surface area contributed by atoms with E-state index < -0.39 is 18.2 Å². The number of anilines is 1. The number of ketones is 1. The molecule has 2 saturated carbocycles. The lowest BCUT2D eigenvalue weighted by Crippen LogP contribution is -2.43. The van der Waals surface area contributed by atoms with Gasteiger partial charge < -0.3 is 33.9 Å². The molecule has 0 aliphatic heterocycles. The Hall–Kier alpha value is -4.17. The first-order valence-electron chi connectivity index (χ1n) is 13.7. The van der Waals surface area contributed by atoms with E-state index in [2.05, 4.69) is 15.7 Å². The minimum absolute atomic E-state index is 0.0118. The molecule has 2 aliphatic rings. The van der Waals surface area contributed by atoms with E-state index in [4.69, 9.17) is 14.5 Å². The van der Waals surface area contributed by atoms with Crippen molar-refractivity contribution >= 4 is 45.7 Å². The molecule has 0 saturated heterocycles. The van der Waals surface area contributed by atoms with Crippen LogP contribution in [0.15, 0.2) is 24.3 Å². The Balaban J connectivity index is 1.61. The lowest BCUT2D eigenvalue weighted by Gasteiger charge is -2.23. The number of hydrogen-bond donors (Lipinski definition) is 3. The first-order chi connectivity index (χ1) is 19.7. The van der Waals surface area contributed by atoms with Gasteiger partial charge in [-0.1, -0.05) is 0 Å². The summed E-state index contributed by atoms with van der Waals surface area (Å²) in [5.41, 5.74) is 5.10. The van der Waals surface area contributed by atoms with Crippen LogP contribution in [-0.2, 0) is 27.9 Å². The smallest absolute Gasteiger partial charge is 0.426 e. The molecule has 3 aromatic heterocycles. The van der Waals surface area contributed by atoms with Gasteiger partial charge in [0.15, 0.2) is 5.82 Å². The summed E-state index contributed by atoms with van der Waals surface area (Å²) >= 11 is 0. The molecule has 2 fully saturated rings. The van der Waals surface area contributed by atoms with Crippen molar-refractivity contribution < 1.29 is 29.0 Å². The summed E-state index contributed by atoms with van der Waals surface area (Å²) in [4.78, 5) is 49.9. The molecule has 0 atom stereocenters. The highest BCUT2D eigenvalue weighted by molar-refractivity contribution is 6.10. The van der Waals surface area contributed by atoms with Crippen molar-refractivity contribution in [1.82, 2.24) is 34.4 Å². The minimum Gasteiger partial charge on any atom is -0.464 e. The molecule has 3 heterocycles. The van der Waals surface area contributed by atoms with E-state index in [1.807, 2.05) is 34.1 Å². The first-order valence-corrected chi connectivity index (χ1v) is 13.7. The average molecular weight is 569 g/mol. The third kappa shape index (κ3) is 5.44. The van der Waals surface area contributed by atoms with Gasteiger partial charge in [-0.15, -0.1) is 0 Å². The van der Waals surface area contributed by atoms with E-state index >= 15 is 0 Å². The number of carboxylic acid groups (broad SMARTS) is 1. The molecule has 220 valence electrons. The van der Waals surface area contributed by atoms with Crippen LogP contribution in [0.5, 0.6) is 0 Å². The molecule has 2 aliphatic carbocycles. The summed E-state index contributed by atoms with van der Waals surface area (Å²) in [6.07, 6.45) is 4.50. The van der Waals surface area contributed by atoms with Gasteiger partial charge in [0.2, 0.25) is 12.1 Å². The van der Waals surface area contributed by atoms with E-state index in [0.29, 0.717) is 35.5 Å². The van der Waals surface area contributed by atoms with E-state index in [1.165, 1.54) is 14.2 Å². The minimum atomic E-state index is -1.24. The standard InChI is InChI=1S/C27H36N8O6/c1-6-33-18(25(37)35(15-8-9-15)16-10-11-16)12-17-22-21(28-14-32(22)3)23(30-24(17)33)29-20(31-34(7-2)27(38)39)13-19(36)26(40-4)41-5/h12-16,26,31H,6-11H2,1-5H3,(H,29,30)(H,38,39)/b20-13+. The van der Waals surface area contributed by atoms with Crippen molar-refractivity contribution in [3.63, 3.8) is 0 Å². The number of ether oxygens (including phenoxy) is 2. The van der Waals surface area contributed by atoms with E-state index in [1.54, 1.807) is 13.3 Å². The Labute approximate surface area is 236 Å². The van der Waals surface area contributed by atoms with Crippen molar-refractivity contribution in [1.29, 1.82) is 0 Å². The topological polar surface area (TPSA) is 156 Å². The Bertz CT molecular complexity index is 1500. The summed E-state index contributed by atoms with van der Waals surface area (Å²) in [7, 11) is 4.51. The fourth-order valence-electron chi connectivity index (χ4n) is 5.14. The molecule has 0 unspecified atom stereocenters. The number of rotatable bonds is 13. The third-order valence-electron chi connectivity index (χ3n) is 7.36. The number of aryl methyl sites for hydroxylation is 2. The Morgan fingerprint density at radius 1 is 1.17 bits per heavy atom. The van der Waals surface area contributed by atoms with Crippen LogP contribution >= 0.6 is 0 Å². The fraction of sp³-hybridized carbons (Fsp3) is 0.519. The second-order valence-corrected chi connectivity index (χ2v) is 10.2. The van der Waals surface area contributed by atoms with Crippen LogP contribution in [0.1, 0.15) is 50.0 Å². The molecule has 0 bridgehead atoms. The lowest BCUT2D eigenvalue weighted by molar-refractivity contribution is -0.151. The first kappa shape index (κ1) is 28.4. The van der Waals surface area contributed by atoms with E-state index in [9.17, 15) is 19.5 Å². The van der Waals surface area contributed by atoms with Gasteiger partial charge in [-0.05, 0) is 45.6 Å². The number of hydrogen-bond acceptors (Lipinski definition) is 9. The predicted octanol–water partition coefficient (Wildman–Crippen LogP) is 2.66. The molecule has 2 amide bonds. The number of carbonyl (C=O) groups excluding carboxylic acids is 2. The summed E-state index contributed by atoms with van der Waals surface area (Å²) in [5, 5.41) is 14.3. The zero-order valence-corrected chi connectivity index (χ0v) is 23.9. The number of pyridine rings is 1.